The summed E-state index contributed by atoms with van der Waals surface area (Å²) in [6.45, 7) is 0. The van der Waals surface area contributed by atoms with Crippen LogP contribution < -0.4 is 10.2 Å². The van der Waals surface area contributed by atoms with Crippen LogP contribution in [-0.4, -0.2) is 18.1 Å². The Kier molecular flexibility index (Phi) is 7.17. The van der Waals surface area contributed by atoms with Crippen molar-refractivity contribution in [2.75, 3.05) is 0 Å². The minimum absolute atomic E-state index is 0.186. The Morgan fingerprint density at radius 3 is 2.58 bits per heavy atom. The van der Waals surface area contributed by atoms with Crippen molar-refractivity contribution in [1.29, 1.82) is 0 Å². The molecule has 0 spiro atoms. The number of carbonyl (C=O) groups is 2. The molecule has 0 unspecified atom stereocenters. The molecule has 0 saturated heterocycles. The molecule has 0 fully saturated rings. The van der Waals surface area contributed by atoms with Crippen molar-refractivity contribution < 1.29 is 14.3 Å². The highest BCUT2D eigenvalue weighted by atomic mass is 79.9. The Morgan fingerprint density at radius 2 is 1.73 bits per heavy atom. The summed E-state index contributed by atoms with van der Waals surface area (Å²) >= 11 is 9.49. The largest absolute Gasteiger partial charge is 0.422 e. The van der Waals surface area contributed by atoms with E-state index >= 15 is 0 Å². The second kappa shape index (κ2) is 10.4. The third kappa shape index (κ3) is 5.66. The van der Waals surface area contributed by atoms with E-state index in [1.54, 1.807) is 42.5 Å². The lowest BCUT2D eigenvalue weighted by atomic mass is 10.0. The van der Waals surface area contributed by atoms with Crippen LogP contribution in [0.2, 0.25) is 5.02 Å². The second-order valence-corrected chi connectivity index (χ2v) is 8.48. The maximum Gasteiger partial charge on any atom is 0.345 e. The Morgan fingerprint density at radius 1 is 0.970 bits per heavy atom. The van der Waals surface area contributed by atoms with Crippen LogP contribution in [-0.2, 0) is 11.2 Å². The summed E-state index contributed by atoms with van der Waals surface area (Å²) in [4.78, 5) is 25.0. The number of halogens is 2. The molecule has 0 radical (unpaired) electrons. The van der Waals surface area contributed by atoms with E-state index in [2.05, 4.69) is 26.5 Å². The number of fused-ring (bicyclic) bond motifs is 1. The zero-order valence-electron chi connectivity index (χ0n) is 17.3. The van der Waals surface area contributed by atoms with Crippen LogP contribution in [0.1, 0.15) is 21.5 Å². The standard InChI is InChI=1S/C26H18BrClN2O3/c27-20-12-13-24(33-26(32)22-10-3-4-11-23(22)28)19(14-20)16-29-30-25(31)15-18-8-5-7-17-6-1-2-9-21(17)18/h1-14,16H,15H2,(H,30,31)/b29-16+. The normalized spacial score (nSPS) is 11.0. The van der Waals surface area contributed by atoms with Gasteiger partial charge in [0.1, 0.15) is 5.75 Å². The molecule has 7 heteroatoms. The lowest BCUT2D eigenvalue weighted by molar-refractivity contribution is -0.120. The van der Waals surface area contributed by atoms with Crippen LogP contribution in [0.15, 0.2) is 94.5 Å². The van der Waals surface area contributed by atoms with Crippen LogP contribution in [0.3, 0.4) is 0 Å². The summed E-state index contributed by atoms with van der Waals surface area (Å²) in [6, 6.07) is 25.5. The van der Waals surface area contributed by atoms with Gasteiger partial charge in [0.15, 0.2) is 0 Å². The molecule has 4 aromatic rings. The van der Waals surface area contributed by atoms with Gasteiger partial charge in [-0.1, -0.05) is 82.1 Å². The van der Waals surface area contributed by atoms with E-state index in [4.69, 9.17) is 16.3 Å². The molecule has 33 heavy (non-hydrogen) atoms. The van der Waals surface area contributed by atoms with Gasteiger partial charge in [0, 0.05) is 10.0 Å². The number of hydrogen-bond donors (Lipinski definition) is 1. The van der Waals surface area contributed by atoms with Gasteiger partial charge in [-0.05, 0) is 46.7 Å². The topological polar surface area (TPSA) is 67.8 Å². The van der Waals surface area contributed by atoms with Gasteiger partial charge in [0.25, 0.3) is 0 Å². The predicted octanol–water partition coefficient (Wildman–Crippen LogP) is 6.17. The first-order valence-electron chi connectivity index (χ1n) is 10.1. The Labute approximate surface area is 204 Å². The lowest BCUT2D eigenvalue weighted by Crippen LogP contribution is -2.20. The summed E-state index contributed by atoms with van der Waals surface area (Å²) in [5.74, 6) is -0.556. The molecule has 0 aliphatic carbocycles. The van der Waals surface area contributed by atoms with E-state index in [-0.39, 0.29) is 23.6 Å². The molecular weight excluding hydrogens is 504 g/mol. The fraction of sp³-hybridized carbons (Fsp3) is 0.0385. The van der Waals surface area contributed by atoms with Gasteiger partial charge in [0.05, 0.1) is 23.2 Å². The van der Waals surface area contributed by atoms with Crippen molar-refractivity contribution in [3.8, 4) is 5.75 Å². The van der Waals surface area contributed by atoms with E-state index in [9.17, 15) is 9.59 Å². The number of carbonyl (C=O) groups excluding carboxylic acids is 2. The van der Waals surface area contributed by atoms with Crippen LogP contribution in [0.4, 0.5) is 0 Å². The summed E-state index contributed by atoms with van der Waals surface area (Å²) in [6.07, 6.45) is 1.62. The van der Waals surface area contributed by atoms with Crippen molar-refractivity contribution in [2.45, 2.75) is 6.42 Å². The SMILES string of the molecule is O=C(Cc1cccc2ccccc12)N/N=C/c1cc(Br)ccc1OC(=O)c1ccccc1Cl. The molecule has 0 heterocycles. The number of nitrogens with one attached hydrogen (secondary N) is 1. The Balaban J connectivity index is 1.46. The molecular formula is C26H18BrClN2O3. The van der Waals surface area contributed by atoms with Gasteiger partial charge in [0.2, 0.25) is 5.91 Å². The molecule has 1 amide bonds. The van der Waals surface area contributed by atoms with Crippen LogP contribution in [0.25, 0.3) is 10.8 Å². The van der Waals surface area contributed by atoms with E-state index in [1.165, 1.54) is 6.21 Å². The smallest absolute Gasteiger partial charge is 0.345 e. The number of esters is 1. The molecule has 0 bridgehead atoms. The van der Waals surface area contributed by atoms with Gasteiger partial charge in [-0.2, -0.15) is 5.10 Å². The number of hydrazone groups is 1. The summed E-state index contributed by atoms with van der Waals surface area (Å²) in [5, 5.41) is 6.46. The van der Waals surface area contributed by atoms with E-state index < -0.39 is 5.97 Å². The third-order valence-electron chi connectivity index (χ3n) is 4.89. The molecule has 0 saturated carbocycles. The molecule has 0 atom stereocenters. The zero-order chi connectivity index (χ0) is 23.2. The first kappa shape index (κ1) is 22.7. The van der Waals surface area contributed by atoms with Gasteiger partial charge >= 0.3 is 5.97 Å². The van der Waals surface area contributed by atoms with Gasteiger partial charge in [-0.25, -0.2) is 10.2 Å². The van der Waals surface area contributed by atoms with E-state index in [0.717, 1.165) is 20.8 Å². The van der Waals surface area contributed by atoms with E-state index in [0.29, 0.717) is 10.6 Å². The number of rotatable bonds is 6. The highest BCUT2D eigenvalue weighted by molar-refractivity contribution is 9.10. The van der Waals surface area contributed by atoms with Crippen molar-refractivity contribution in [3.05, 3.63) is 111 Å². The Hall–Kier alpha value is -3.48. The lowest BCUT2D eigenvalue weighted by Gasteiger charge is -2.09. The van der Waals surface area contributed by atoms with Crippen LogP contribution >= 0.6 is 27.5 Å². The van der Waals surface area contributed by atoms with Gasteiger partial charge in [-0.15, -0.1) is 0 Å². The van der Waals surface area contributed by atoms with E-state index in [1.807, 2.05) is 42.5 Å². The van der Waals surface area contributed by atoms with Crippen molar-refractivity contribution >= 4 is 56.4 Å². The van der Waals surface area contributed by atoms with Gasteiger partial charge in [-0.3, -0.25) is 4.79 Å². The second-order valence-electron chi connectivity index (χ2n) is 7.16. The number of amides is 1. The molecule has 4 aromatic carbocycles. The highest BCUT2D eigenvalue weighted by Gasteiger charge is 2.14. The summed E-state index contributed by atoms with van der Waals surface area (Å²) in [7, 11) is 0. The maximum atomic E-state index is 12.5. The summed E-state index contributed by atoms with van der Waals surface area (Å²) < 4.78 is 6.29. The fourth-order valence-electron chi connectivity index (χ4n) is 3.33. The average Bonchev–Trinajstić information content (AvgIpc) is 2.81. The molecule has 164 valence electrons. The van der Waals surface area contributed by atoms with Crippen molar-refractivity contribution in [2.24, 2.45) is 5.10 Å². The third-order valence-corrected chi connectivity index (χ3v) is 5.71. The first-order valence-corrected chi connectivity index (χ1v) is 11.2. The minimum Gasteiger partial charge on any atom is -0.422 e. The average molecular weight is 522 g/mol. The molecule has 5 nitrogen and oxygen atoms in total. The molecule has 0 aromatic heterocycles. The molecule has 0 aliphatic heterocycles. The Bertz CT molecular complexity index is 1370. The molecule has 4 rings (SSSR count). The summed E-state index contributed by atoms with van der Waals surface area (Å²) in [5.41, 5.74) is 4.22. The van der Waals surface area contributed by atoms with Crippen LogP contribution in [0.5, 0.6) is 5.75 Å². The molecule has 1 N–H and O–H groups in total. The van der Waals surface area contributed by atoms with Crippen molar-refractivity contribution in [1.82, 2.24) is 5.43 Å². The van der Waals surface area contributed by atoms with Gasteiger partial charge < -0.3 is 4.74 Å². The molecule has 0 aliphatic rings. The zero-order valence-corrected chi connectivity index (χ0v) is 19.6. The highest BCUT2D eigenvalue weighted by Crippen LogP contribution is 2.24. The number of hydrogen-bond acceptors (Lipinski definition) is 4. The monoisotopic (exact) mass is 520 g/mol. The maximum absolute atomic E-state index is 12.5. The van der Waals surface area contributed by atoms with Crippen LogP contribution in [0, 0.1) is 0 Å². The van der Waals surface area contributed by atoms with Crippen molar-refractivity contribution in [3.63, 3.8) is 0 Å². The number of nitrogens with zero attached hydrogens (tertiary/aromatic N) is 1. The first-order chi connectivity index (χ1) is 16.0. The quantitative estimate of drug-likeness (QED) is 0.143. The number of ether oxygens (including phenoxy) is 1. The minimum atomic E-state index is -0.586. The number of benzene rings is 4. The predicted molar refractivity (Wildman–Crippen MR) is 134 cm³/mol. The fourth-order valence-corrected chi connectivity index (χ4v) is 3.92.